The van der Waals surface area contributed by atoms with Crippen molar-refractivity contribution >= 4 is 12.0 Å². The number of cyclic esters (lactones) is 1. The van der Waals surface area contributed by atoms with Gasteiger partial charge >= 0.3 is 5.97 Å². The quantitative estimate of drug-likeness (QED) is 0.684. The molecule has 1 heterocycles. The molecule has 1 aromatic carbocycles. The molecule has 1 aliphatic rings. The van der Waals surface area contributed by atoms with Crippen molar-refractivity contribution in [2.24, 2.45) is 0 Å². The SMILES string of the molecule is O=C1C=C/C(=C\c2ccccc2O)O1. The van der Waals surface area contributed by atoms with Crippen molar-refractivity contribution in [2.75, 3.05) is 0 Å². The Bertz CT molecular complexity index is 430. The van der Waals surface area contributed by atoms with Gasteiger partial charge in [-0.25, -0.2) is 4.79 Å². The number of allylic oxidation sites excluding steroid dienone is 1. The van der Waals surface area contributed by atoms with Crippen molar-refractivity contribution in [3.05, 3.63) is 47.7 Å². The number of carbonyl (C=O) groups excluding carboxylic acids is 1. The van der Waals surface area contributed by atoms with Gasteiger partial charge in [-0.05, 0) is 18.2 Å². The van der Waals surface area contributed by atoms with Crippen LogP contribution in [0.1, 0.15) is 5.56 Å². The third-order valence-electron chi connectivity index (χ3n) is 1.84. The molecule has 1 aromatic rings. The Balaban J connectivity index is 2.31. The normalized spacial score (nSPS) is 17.4. The molecule has 1 aliphatic heterocycles. The van der Waals surface area contributed by atoms with Crippen molar-refractivity contribution in [2.45, 2.75) is 0 Å². The molecule has 0 amide bonds. The summed E-state index contributed by atoms with van der Waals surface area (Å²) in [6.45, 7) is 0. The number of aromatic hydroxyl groups is 1. The molecule has 0 fully saturated rings. The molecule has 0 saturated carbocycles. The van der Waals surface area contributed by atoms with Gasteiger partial charge in [0.05, 0.1) is 0 Å². The fourth-order valence-corrected chi connectivity index (χ4v) is 1.17. The Hall–Kier alpha value is -2.03. The van der Waals surface area contributed by atoms with E-state index in [9.17, 15) is 9.90 Å². The zero-order valence-corrected chi connectivity index (χ0v) is 7.31. The molecule has 0 radical (unpaired) electrons. The Morgan fingerprint density at radius 2 is 2.00 bits per heavy atom. The first-order valence-electron chi connectivity index (χ1n) is 4.15. The molecule has 3 nitrogen and oxygen atoms in total. The lowest BCUT2D eigenvalue weighted by molar-refractivity contribution is -0.132. The summed E-state index contributed by atoms with van der Waals surface area (Å²) in [6, 6.07) is 6.84. The third-order valence-corrected chi connectivity index (χ3v) is 1.84. The zero-order chi connectivity index (χ0) is 9.97. The predicted octanol–water partition coefficient (Wildman–Crippen LogP) is 1.85. The molecule has 0 aromatic heterocycles. The standard InChI is InChI=1S/C11H8O3/c12-10-4-2-1-3-8(10)7-9-5-6-11(13)14-9/h1-7,12H/b9-7+. The highest BCUT2D eigenvalue weighted by Gasteiger charge is 2.09. The lowest BCUT2D eigenvalue weighted by Gasteiger charge is -1.99. The zero-order valence-electron chi connectivity index (χ0n) is 7.31. The highest BCUT2D eigenvalue weighted by molar-refractivity contribution is 5.88. The number of esters is 1. The monoisotopic (exact) mass is 188 g/mol. The van der Waals surface area contributed by atoms with Crippen LogP contribution in [0.25, 0.3) is 6.08 Å². The molecule has 0 atom stereocenters. The van der Waals surface area contributed by atoms with Crippen LogP contribution in [0.4, 0.5) is 0 Å². The largest absolute Gasteiger partial charge is 0.507 e. The number of para-hydroxylation sites is 1. The lowest BCUT2D eigenvalue weighted by atomic mass is 10.2. The number of phenols is 1. The van der Waals surface area contributed by atoms with Gasteiger partial charge in [0.25, 0.3) is 0 Å². The minimum Gasteiger partial charge on any atom is -0.507 e. The third kappa shape index (κ3) is 1.66. The van der Waals surface area contributed by atoms with E-state index in [0.717, 1.165) is 0 Å². The number of phenolic OH excluding ortho intramolecular Hbond substituents is 1. The molecular weight excluding hydrogens is 180 g/mol. The molecule has 0 bridgehead atoms. The van der Waals surface area contributed by atoms with Gasteiger partial charge < -0.3 is 9.84 Å². The fourth-order valence-electron chi connectivity index (χ4n) is 1.17. The summed E-state index contributed by atoms with van der Waals surface area (Å²) in [4.78, 5) is 10.7. The maximum Gasteiger partial charge on any atom is 0.336 e. The molecule has 14 heavy (non-hydrogen) atoms. The number of carbonyl (C=O) groups is 1. The van der Waals surface area contributed by atoms with Crippen LogP contribution in [-0.2, 0) is 9.53 Å². The number of ether oxygens (including phenoxy) is 1. The van der Waals surface area contributed by atoms with Crippen LogP contribution in [-0.4, -0.2) is 11.1 Å². The second-order valence-electron chi connectivity index (χ2n) is 2.86. The van der Waals surface area contributed by atoms with Gasteiger partial charge in [0.15, 0.2) is 0 Å². The molecule has 0 spiro atoms. The van der Waals surface area contributed by atoms with Crippen LogP contribution in [0.5, 0.6) is 5.75 Å². The van der Waals surface area contributed by atoms with Crippen molar-refractivity contribution < 1.29 is 14.6 Å². The van der Waals surface area contributed by atoms with Gasteiger partial charge in [0.2, 0.25) is 0 Å². The van der Waals surface area contributed by atoms with Crippen molar-refractivity contribution in [1.82, 2.24) is 0 Å². The first-order chi connectivity index (χ1) is 6.75. The summed E-state index contributed by atoms with van der Waals surface area (Å²) < 4.78 is 4.82. The van der Waals surface area contributed by atoms with Crippen molar-refractivity contribution in [3.8, 4) is 5.75 Å². The van der Waals surface area contributed by atoms with Crippen LogP contribution in [0.15, 0.2) is 42.2 Å². The van der Waals surface area contributed by atoms with Crippen LogP contribution in [0.3, 0.4) is 0 Å². The summed E-state index contributed by atoms with van der Waals surface area (Å²) in [7, 11) is 0. The van der Waals surface area contributed by atoms with E-state index in [1.165, 1.54) is 6.08 Å². The van der Waals surface area contributed by atoms with Gasteiger partial charge in [-0.3, -0.25) is 0 Å². The van der Waals surface area contributed by atoms with E-state index in [1.807, 2.05) is 0 Å². The summed E-state index contributed by atoms with van der Waals surface area (Å²) in [5.74, 6) is 0.222. The van der Waals surface area contributed by atoms with Crippen LogP contribution >= 0.6 is 0 Å². The van der Waals surface area contributed by atoms with E-state index in [-0.39, 0.29) is 11.7 Å². The van der Waals surface area contributed by atoms with Gasteiger partial charge in [-0.1, -0.05) is 18.2 Å². The van der Waals surface area contributed by atoms with E-state index in [1.54, 1.807) is 36.4 Å². The van der Waals surface area contributed by atoms with E-state index < -0.39 is 0 Å². The van der Waals surface area contributed by atoms with E-state index in [2.05, 4.69) is 0 Å². The summed E-state index contributed by atoms with van der Waals surface area (Å²) in [5, 5.41) is 9.43. The Morgan fingerprint density at radius 3 is 2.64 bits per heavy atom. The molecule has 70 valence electrons. The average Bonchev–Trinajstić information content (AvgIpc) is 2.56. The molecule has 3 heteroatoms. The van der Waals surface area contributed by atoms with Gasteiger partial charge in [0, 0.05) is 11.6 Å². The second-order valence-corrected chi connectivity index (χ2v) is 2.86. The number of rotatable bonds is 1. The first kappa shape index (κ1) is 8.56. The van der Waals surface area contributed by atoms with Crippen LogP contribution < -0.4 is 0 Å². The van der Waals surface area contributed by atoms with E-state index >= 15 is 0 Å². The fraction of sp³-hybridized carbons (Fsp3) is 0. The summed E-state index contributed by atoms with van der Waals surface area (Å²) in [6.07, 6.45) is 4.51. The Kier molecular flexibility index (Phi) is 2.07. The minimum atomic E-state index is -0.383. The number of hydrogen-bond acceptors (Lipinski definition) is 3. The second kappa shape index (κ2) is 3.38. The Labute approximate surface area is 80.9 Å². The summed E-state index contributed by atoms with van der Waals surface area (Å²) in [5.41, 5.74) is 0.627. The first-order valence-corrected chi connectivity index (χ1v) is 4.15. The van der Waals surface area contributed by atoms with E-state index in [0.29, 0.717) is 11.3 Å². The average molecular weight is 188 g/mol. The number of hydrogen-bond donors (Lipinski definition) is 1. The lowest BCUT2D eigenvalue weighted by Crippen LogP contribution is -1.89. The molecular formula is C11H8O3. The minimum absolute atomic E-state index is 0.163. The molecule has 2 rings (SSSR count). The molecule has 1 N–H and O–H groups in total. The van der Waals surface area contributed by atoms with E-state index in [4.69, 9.17) is 4.74 Å². The van der Waals surface area contributed by atoms with Crippen molar-refractivity contribution in [3.63, 3.8) is 0 Å². The maximum absolute atomic E-state index is 10.7. The maximum atomic E-state index is 10.7. The Morgan fingerprint density at radius 1 is 1.21 bits per heavy atom. The highest BCUT2D eigenvalue weighted by atomic mass is 16.5. The molecule has 0 saturated heterocycles. The predicted molar refractivity (Wildman–Crippen MR) is 51.3 cm³/mol. The van der Waals surface area contributed by atoms with Gasteiger partial charge in [-0.2, -0.15) is 0 Å². The molecule has 0 aliphatic carbocycles. The smallest absolute Gasteiger partial charge is 0.336 e. The van der Waals surface area contributed by atoms with Crippen molar-refractivity contribution in [1.29, 1.82) is 0 Å². The summed E-state index contributed by atoms with van der Waals surface area (Å²) >= 11 is 0. The van der Waals surface area contributed by atoms with Crippen LogP contribution in [0.2, 0.25) is 0 Å². The highest BCUT2D eigenvalue weighted by Crippen LogP contribution is 2.21. The molecule has 0 unspecified atom stereocenters. The number of benzene rings is 1. The van der Waals surface area contributed by atoms with Gasteiger partial charge in [0.1, 0.15) is 11.5 Å². The van der Waals surface area contributed by atoms with Gasteiger partial charge in [-0.15, -0.1) is 0 Å². The topological polar surface area (TPSA) is 46.5 Å². The van der Waals surface area contributed by atoms with Crippen LogP contribution in [0, 0.1) is 0 Å².